The normalized spacial score (nSPS) is 10.4. The Labute approximate surface area is 75.3 Å². The van der Waals surface area contributed by atoms with Crippen molar-refractivity contribution in [3.63, 3.8) is 0 Å². The zero-order valence-corrected chi connectivity index (χ0v) is 7.69. The number of rotatable bonds is 2. The standard InChI is InChI=1S/C9H10N2S/c1-2-7-6-11-9(12-7)8-4-3-5-10-8/h3-6,10H,2H2,1H3. The van der Waals surface area contributed by atoms with E-state index in [1.165, 1.54) is 4.88 Å². The molecule has 0 aliphatic carbocycles. The van der Waals surface area contributed by atoms with Crippen molar-refractivity contribution in [3.05, 3.63) is 29.4 Å². The Kier molecular flexibility index (Phi) is 1.96. The molecular formula is C9H10N2S. The third kappa shape index (κ3) is 1.28. The topological polar surface area (TPSA) is 28.7 Å². The zero-order chi connectivity index (χ0) is 8.39. The lowest BCUT2D eigenvalue weighted by Crippen LogP contribution is -1.70. The Hall–Kier alpha value is -1.09. The molecule has 62 valence electrons. The second kappa shape index (κ2) is 3.11. The summed E-state index contributed by atoms with van der Waals surface area (Å²) in [7, 11) is 0. The van der Waals surface area contributed by atoms with Gasteiger partial charge in [0.15, 0.2) is 0 Å². The average Bonchev–Trinajstić information content (AvgIpc) is 2.75. The molecule has 0 unspecified atom stereocenters. The van der Waals surface area contributed by atoms with E-state index in [1.807, 2.05) is 24.5 Å². The van der Waals surface area contributed by atoms with E-state index in [0.717, 1.165) is 17.1 Å². The van der Waals surface area contributed by atoms with Crippen molar-refractivity contribution >= 4 is 11.3 Å². The number of nitrogens with one attached hydrogen (secondary N) is 1. The molecule has 12 heavy (non-hydrogen) atoms. The molecule has 2 aromatic rings. The van der Waals surface area contributed by atoms with Crippen molar-refractivity contribution in [3.8, 4) is 10.7 Å². The second-order valence-corrected chi connectivity index (χ2v) is 3.68. The highest BCUT2D eigenvalue weighted by Crippen LogP contribution is 2.23. The maximum atomic E-state index is 4.32. The number of aromatic amines is 1. The van der Waals surface area contributed by atoms with Crippen LogP contribution in [0, 0.1) is 0 Å². The fraction of sp³-hybridized carbons (Fsp3) is 0.222. The Morgan fingerprint density at radius 3 is 3.08 bits per heavy atom. The van der Waals surface area contributed by atoms with E-state index in [1.54, 1.807) is 11.3 Å². The van der Waals surface area contributed by atoms with E-state index in [4.69, 9.17) is 0 Å². The van der Waals surface area contributed by atoms with Crippen molar-refractivity contribution in [2.45, 2.75) is 13.3 Å². The van der Waals surface area contributed by atoms with E-state index in [2.05, 4.69) is 16.9 Å². The van der Waals surface area contributed by atoms with Gasteiger partial charge in [0.1, 0.15) is 5.01 Å². The highest BCUT2D eigenvalue weighted by Gasteiger charge is 2.02. The highest BCUT2D eigenvalue weighted by atomic mass is 32.1. The van der Waals surface area contributed by atoms with Crippen molar-refractivity contribution in [1.82, 2.24) is 9.97 Å². The number of hydrogen-bond acceptors (Lipinski definition) is 2. The van der Waals surface area contributed by atoms with Crippen LogP contribution in [0.2, 0.25) is 0 Å². The zero-order valence-electron chi connectivity index (χ0n) is 6.87. The van der Waals surface area contributed by atoms with Crippen LogP contribution in [-0.4, -0.2) is 9.97 Å². The molecule has 3 heteroatoms. The molecule has 2 rings (SSSR count). The second-order valence-electron chi connectivity index (χ2n) is 2.57. The summed E-state index contributed by atoms with van der Waals surface area (Å²) in [6.45, 7) is 2.14. The number of nitrogens with zero attached hydrogens (tertiary/aromatic N) is 1. The van der Waals surface area contributed by atoms with Gasteiger partial charge < -0.3 is 4.98 Å². The predicted molar refractivity (Wildman–Crippen MR) is 51.3 cm³/mol. The Morgan fingerprint density at radius 1 is 1.58 bits per heavy atom. The van der Waals surface area contributed by atoms with Gasteiger partial charge in [-0.3, -0.25) is 0 Å². The largest absolute Gasteiger partial charge is 0.359 e. The van der Waals surface area contributed by atoms with Gasteiger partial charge in [-0.05, 0) is 18.6 Å². The summed E-state index contributed by atoms with van der Waals surface area (Å²) in [5.74, 6) is 0. The lowest BCUT2D eigenvalue weighted by Gasteiger charge is -1.86. The Morgan fingerprint density at radius 2 is 2.50 bits per heavy atom. The van der Waals surface area contributed by atoms with Gasteiger partial charge in [-0.1, -0.05) is 6.92 Å². The van der Waals surface area contributed by atoms with Crippen LogP contribution in [0.1, 0.15) is 11.8 Å². The molecule has 0 bridgehead atoms. The van der Waals surface area contributed by atoms with Gasteiger partial charge in [-0.25, -0.2) is 4.98 Å². The van der Waals surface area contributed by atoms with Crippen LogP contribution in [0.25, 0.3) is 10.7 Å². The Bertz CT molecular complexity index is 348. The lowest BCUT2D eigenvalue weighted by atomic mass is 10.4. The quantitative estimate of drug-likeness (QED) is 0.752. The molecule has 0 amide bonds. The molecule has 2 aromatic heterocycles. The van der Waals surface area contributed by atoms with Crippen LogP contribution in [0.3, 0.4) is 0 Å². The summed E-state index contributed by atoms with van der Waals surface area (Å²) in [5.41, 5.74) is 1.11. The van der Waals surface area contributed by atoms with E-state index < -0.39 is 0 Å². The van der Waals surface area contributed by atoms with Gasteiger partial charge in [-0.2, -0.15) is 0 Å². The Balaban J connectivity index is 2.35. The number of hydrogen-bond donors (Lipinski definition) is 1. The monoisotopic (exact) mass is 178 g/mol. The van der Waals surface area contributed by atoms with Gasteiger partial charge in [-0.15, -0.1) is 11.3 Å². The number of thiazole rings is 1. The minimum absolute atomic E-state index is 1.07. The predicted octanol–water partition coefficient (Wildman–Crippen LogP) is 2.70. The SMILES string of the molecule is CCc1cnc(-c2ccc[nH]2)s1. The summed E-state index contributed by atoms with van der Waals surface area (Å²) >= 11 is 1.75. The van der Waals surface area contributed by atoms with Gasteiger partial charge in [0.25, 0.3) is 0 Å². The number of aryl methyl sites for hydroxylation is 1. The summed E-state index contributed by atoms with van der Waals surface area (Å²) in [6.07, 6.45) is 4.93. The highest BCUT2D eigenvalue weighted by molar-refractivity contribution is 7.14. The first kappa shape index (κ1) is 7.55. The fourth-order valence-electron chi connectivity index (χ4n) is 1.06. The van der Waals surface area contributed by atoms with Crippen molar-refractivity contribution in [1.29, 1.82) is 0 Å². The fourth-order valence-corrected chi connectivity index (χ4v) is 1.90. The summed E-state index contributed by atoms with van der Waals surface area (Å²) in [6, 6.07) is 4.03. The molecule has 2 nitrogen and oxygen atoms in total. The van der Waals surface area contributed by atoms with Gasteiger partial charge in [0, 0.05) is 17.3 Å². The van der Waals surface area contributed by atoms with Gasteiger partial charge in [0.2, 0.25) is 0 Å². The maximum Gasteiger partial charge on any atom is 0.139 e. The van der Waals surface area contributed by atoms with E-state index >= 15 is 0 Å². The molecule has 0 aromatic carbocycles. The van der Waals surface area contributed by atoms with Crippen LogP contribution in [-0.2, 0) is 6.42 Å². The van der Waals surface area contributed by atoms with E-state index in [9.17, 15) is 0 Å². The van der Waals surface area contributed by atoms with Crippen molar-refractivity contribution < 1.29 is 0 Å². The van der Waals surface area contributed by atoms with Gasteiger partial charge in [0.05, 0.1) is 5.69 Å². The van der Waals surface area contributed by atoms with Crippen LogP contribution in [0.15, 0.2) is 24.5 Å². The average molecular weight is 178 g/mol. The molecule has 0 aliphatic heterocycles. The molecule has 0 atom stereocenters. The van der Waals surface area contributed by atoms with Gasteiger partial charge >= 0.3 is 0 Å². The van der Waals surface area contributed by atoms with Crippen LogP contribution < -0.4 is 0 Å². The minimum atomic E-state index is 1.07. The summed E-state index contributed by atoms with van der Waals surface area (Å²) in [5, 5.41) is 1.08. The summed E-state index contributed by atoms with van der Waals surface area (Å²) in [4.78, 5) is 8.79. The third-order valence-electron chi connectivity index (χ3n) is 1.73. The number of H-pyrrole nitrogens is 1. The first-order valence-electron chi connectivity index (χ1n) is 3.98. The molecule has 0 radical (unpaired) electrons. The van der Waals surface area contributed by atoms with Crippen molar-refractivity contribution in [2.24, 2.45) is 0 Å². The van der Waals surface area contributed by atoms with Crippen LogP contribution >= 0.6 is 11.3 Å². The van der Waals surface area contributed by atoms with E-state index in [0.29, 0.717) is 0 Å². The molecule has 0 aliphatic rings. The van der Waals surface area contributed by atoms with Crippen LogP contribution in [0.4, 0.5) is 0 Å². The molecule has 1 N–H and O–H groups in total. The van der Waals surface area contributed by atoms with E-state index in [-0.39, 0.29) is 0 Å². The lowest BCUT2D eigenvalue weighted by molar-refractivity contribution is 1.17. The maximum absolute atomic E-state index is 4.32. The molecule has 0 saturated heterocycles. The molecule has 0 saturated carbocycles. The van der Waals surface area contributed by atoms with Crippen LogP contribution in [0.5, 0.6) is 0 Å². The van der Waals surface area contributed by atoms with Crippen molar-refractivity contribution in [2.75, 3.05) is 0 Å². The molecule has 0 fully saturated rings. The summed E-state index contributed by atoms with van der Waals surface area (Å²) < 4.78 is 0. The minimum Gasteiger partial charge on any atom is -0.359 e. The smallest absolute Gasteiger partial charge is 0.139 e. The first-order chi connectivity index (χ1) is 5.90. The molecular weight excluding hydrogens is 168 g/mol. The molecule has 2 heterocycles. The molecule has 0 spiro atoms. The first-order valence-corrected chi connectivity index (χ1v) is 4.80. The third-order valence-corrected chi connectivity index (χ3v) is 2.91. The number of aromatic nitrogens is 2.